The zero-order chi connectivity index (χ0) is 27.6. The molecule has 0 aliphatic carbocycles. The third kappa shape index (κ3) is 6.72. The smallest absolute Gasteiger partial charge is 0.870 e. The summed E-state index contributed by atoms with van der Waals surface area (Å²) in [5, 5.41) is 25.6. The van der Waals surface area contributed by atoms with Gasteiger partial charge >= 0.3 is 29.6 Å². The fourth-order valence-electron chi connectivity index (χ4n) is 3.83. The van der Waals surface area contributed by atoms with E-state index in [1.807, 2.05) is 0 Å². The van der Waals surface area contributed by atoms with Crippen LogP contribution < -0.4 is 44.7 Å². The summed E-state index contributed by atoms with van der Waals surface area (Å²) < 4.78 is 38.1. The van der Waals surface area contributed by atoms with E-state index < -0.39 is 21.8 Å². The number of fused-ring (bicyclic) bond motifs is 1. The number of benzene rings is 4. The maximum atomic E-state index is 13.4. The number of azo groups is 1. The summed E-state index contributed by atoms with van der Waals surface area (Å²) >= 11 is 12.3. The predicted octanol–water partition coefficient (Wildman–Crippen LogP) is 3.71. The van der Waals surface area contributed by atoms with Crippen molar-refractivity contribution in [2.45, 2.75) is 18.2 Å². The summed E-state index contributed by atoms with van der Waals surface area (Å²) in [6.07, 6.45) is 0.257. The monoisotopic (exact) mass is 595 g/mol. The number of nitrogens with zero attached hydrogens (tertiary/aromatic N) is 2. The molecule has 0 radical (unpaired) electrons. The van der Waals surface area contributed by atoms with E-state index in [2.05, 4.69) is 15.5 Å². The second-order valence-corrected chi connectivity index (χ2v) is 10.3. The minimum atomic E-state index is -4.50. The maximum absolute atomic E-state index is 13.4. The van der Waals surface area contributed by atoms with Crippen LogP contribution in [0.3, 0.4) is 0 Å². The van der Waals surface area contributed by atoms with Gasteiger partial charge in [0.1, 0.15) is 11.4 Å². The molecule has 0 unspecified atom stereocenters. The van der Waals surface area contributed by atoms with Crippen LogP contribution in [0.25, 0.3) is 10.8 Å². The summed E-state index contributed by atoms with van der Waals surface area (Å²) in [6.45, 7) is 1.69. The molecule has 2 N–H and O–H groups in total. The molecule has 9 nitrogen and oxygen atoms in total. The fraction of sp³-hybridized carbons (Fsp3) is 0.115. The van der Waals surface area contributed by atoms with Gasteiger partial charge in [0.05, 0.1) is 28.4 Å². The first-order valence-electron chi connectivity index (χ1n) is 11.1. The number of hydrogen-bond donors (Lipinski definition) is 2. The number of ether oxygens (including phenoxy) is 1. The average molecular weight is 596 g/mol. The molecular formula is C26H20Cl2N3NaO6S. The molecule has 196 valence electrons. The Kier molecular flexibility index (Phi) is 10.0. The molecular weight excluding hydrogens is 576 g/mol. The largest absolute Gasteiger partial charge is 1.00 e. The number of methoxy groups -OCH3 is 1. The number of aryl methyl sites for hydroxylation is 1. The van der Waals surface area contributed by atoms with Gasteiger partial charge in [0.25, 0.3) is 16.0 Å². The molecule has 0 bridgehead atoms. The van der Waals surface area contributed by atoms with Crippen LogP contribution in [0, 0.1) is 0 Å². The number of anilines is 1. The molecule has 4 aromatic carbocycles. The van der Waals surface area contributed by atoms with Gasteiger partial charge in [-0.05, 0) is 53.8 Å². The molecule has 0 aliphatic rings. The Hall–Kier alpha value is -2.70. The molecule has 0 spiro atoms. The first kappa shape index (κ1) is 30.8. The van der Waals surface area contributed by atoms with Crippen molar-refractivity contribution in [1.29, 1.82) is 0 Å². The van der Waals surface area contributed by atoms with Crippen molar-refractivity contribution in [1.82, 2.24) is 0 Å². The van der Waals surface area contributed by atoms with Crippen molar-refractivity contribution in [3.8, 4) is 11.5 Å². The molecule has 13 heteroatoms. The predicted molar refractivity (Wildman–Crippen MR) is 144 cm³/mol. The minimum absolute atomic E-state index is 0. The number of carbonyl (C=O) groups excluding carboxylic acids is 1. The average Bonchev–Trinajstić information content (AvgIpc) is 2.87. The van der Waals surface area contributed by atoms with Crippen LogP contribution in [-0.2, 0) is 16.5 Å². The molecule has 4 rings (SSSR count). The fourth-order valence-corrected chi connectivity index (χ4v) is 5.07. The van der Waals surface area contributed by atoms with Crippen molar-refractivity contribution in [2.75, 3.05) is 12.4 Å². The van der Waals surface area contributed by atoms with Gasteiger partial charge in [-0.2, -0.15) is 13.5 Å². The maximum Gasteiger partial charge on any atom is 1.00 e. The molecule has 0 heterocycles. The number of nitrogens with one attached hydrogen (secondary N) is 1. The van der Waals surface area contributed by atoms with Crippen LogP contribution in [-0.4, -0.2) is 26.0 Å². The van der Waals surface area contributed by atoms with E-state index in [0.717, 1.165) is 6.07 Å². The quantitative estimate of drug-likeness (QED) is 0.189. The van der Waals surface area contributed by atoms with E-state index in [9.17, 15) is 22.9 Å². The normalized spacial score (nSPS) is 11.4. The van der Waals surface area contributed by atoms with Crippen LogP contribution in [0.1, 0.15) is 22.8 Å². The number of hydrogen-bond acceptors (Lipinski definition) is 7. The van der Waals surface area contributed by atoms with Gasteiger partial charge < -0.3 is 15.2 Å². The summed E-state index contributed by atoms with van der Waals surface area (Å²) in [5.41, 5.74) is 0.319. The number of carbonyl (C=O) groups is 1. The van der Waals surface area contributed by atoms with Gasteiger partial charge in [0, 0.05) is 16.0 Å². The Morgan fingerprint density at radius 2 is 1.79 bits per heavy atom. The van der Waals surface area contributed by atoms with Crippen molar-refractivity contribution < 1.29 is 57.2 Å². The number of halogens is 2. The Labute approximate surface area is 256 Å². The van der Waals surface area contributed by atoms with Crippen LogP contribution in [0.4, 0.5) is 17.1 Å². The molecule has 4 aromatic rings. The van der Waals surface area contributed by atoms with Crippen LogP contribution in [0.2, 0.25) is 10.0 Å². The number of rotatable bonds is 7. The van der Waals surface area contributed by atoms with Crippen molar-refractivity contribution in [3.05, 3.63) is 81.8 Å². The second-order valence-electron chi connectivity index (χ2n) is 8.06. The second kappa shape index (κ2) is 12.6. The van der Waals surface area contributed by atoms with Crippen molar-refractivity contribution in [2.24, 2.45) is 10.2 Å². The summed E-state index contributed by atoms with van der Waals surface area (Å²) in [4.78, 5) is 12.8. The van der Waals surface area contributed by atoms with Crippen molar-refractivity contribution in [3.63, 3.8) is 0 Å². The topological polar surface area (TPSA) is 140 Å². The summed E-state index contributed by atoms with van der Waals surface area (Å²) in [6, 6.07) is 15.4. The molecule has 0 atom stereocenters. The van der Waals surface area contributed by atoms with Crippen LogP contribution in [0.15, 0.2) is 75.8 Å². The van der Waals surface area contributed by atoms with Crippen LogP contribution in [0.5, 0.6) is 11.5 Å². The third-order valence-electron chi connectivity index (χ3n) is 5.68. The Balaban J connectivity index is 0.00000420. The Bertz CT molecular complexity index is 1710. The summed E-state index contributed by atoms with van der Waals surface area (Å²) in [7, 11) is -3.07. The van der Waals surface area contributed by atoms with Gasteiger partial charge in [0.2, 0.25) is 0 Å². The minimum Gasteiger partial charge on any atom is -0.870 e. The van der Waals surface area contributed by atoms with E-state index in [1.54, 1.807) is 43.3 Å². The van der Waals surface area contributed by atoms with Crippen molar-refractivity contribution >= 4 is 67.1 Å². The Morgan fingerprint density at radius 1 is 1.08 bits per heavy atom. The first-order chi connectivity index (χ1) is 18.0. The molecule has 0 aliphatic heterocycles. The third-order valence-corrected chi connectivity index (χ3v) is 7.15. The molecule has 39 heavy (non-hydrogen) atoms. The van der Waals surface area contributed by atoms with Gasteiger partial charge in [-0.15, -0.1) is 5.11 Å². The van der Waals surface area contributed by atoms with Gasteiger partial charge in [0.15, 0.2) is 0 Å². The zero-order valence-corrected chi connectivity index (χ0v) is 25.4. The molecule has 0 aromatic heterocycles. The van der Waals surface area contributed by atoms with E-state index in [-0.39, 0.29) is 74.1 Å². The first-order valence-corrected chi connectivity index (χ1v) is 13.3. The van der Waals surface area contributed by atoms with E-state index in [0.29, 0.717) is 21.5 Å². The standard InChI is InChI=1S/C26H21Cl2N3O6S.Na/c1-3-14-11-20(19(28)13-23(14)38(34,35)36)30-31-24-17-7-5-4-6-15(17)10-18(25(24)32)26(33)29-21-12-16(27)8-9-22(21)37-2;/h4-13,32H,3H2,1-2H3,(H,29,33)(H,34,35,36);/q;+1/p-1. The van der Waals surface area contributed by atoms with Gasteiger partial charge in [-0.1, -0.05) is 60.1 Å². The summed E-state index contributed by atoms with van der Waals surface area (Å²) in [5.74, 6) is -1.04. The van der Waals surface area contributed by atoms with E-state index >= 15 is 0 Å². The van der Waals surface area contributed by atoms with Gasteiger partial charge in [-0.25, -0.2) is 0 Å². The number of amides is 1. The molecule has 1 amide bonds. The molecule has 0 saturated carbocycles. The van der Waals surface area contributed by atoms with E-state index in [4.69, 9.17) is 27.9 Å². The molecule has 0 saturated heterocycles. The van der Waals surface area contributed by atoms with E-state index in [1.165, 1.54) is 25.3 Å². The molecule has 0 fully saturated rings. The van der Waals surface area contributed by atoms with Crippen LogP contribution >= 0.6 is 23.2 Å². The Morgan fingerprint density at radius 3 is 2.46 bits per heavy atom. The zero-order valence-electron chi connectivity index (χ0n) is 21.0. The SMILES string of the molecule is CCc1cc(N=Nc2c([O-])c(C(=O)Nc3cc(Cl)ccc3OC)cc3ccccc23)c(Cl)cc1S(=O)(=O)O.[Na+]. The van der Waals surface area contributed by atoms with Gasteiger partial charge in [-0.3, -0.25) is 9.35 Å².